The highest BCUT2D eigenvalue weighted by atomic mass is 16.6. The van der Waals surface area contributed by atoms with Gasteiger partial charge >= 0.3 is 12.1 Å². The number of carboxylic acids is 1. The van der Waals surface area contributed by atoms with Gasteiger partial charge in [-0.2, -0.15) is 0 Å². The van der Waals surface area contributed by atoms with E-state index in [9.17, 15) is 24.3 Å². The van der Waals surface area contributed by atoms with Gasteiger partial charge in [0.2, 0.25) is 11.8 Å². The molecule has 2 heterocycles. The maximum atomic E-state index is 13.9. The van der Waals surface area contributed by atoms with Crippen molar-refractivity contribution in [2.45, 2.75) is 83.5 Å². The second-order valence-corrected chi connectivity index (χ2v) is 11.4. The summed E-state index contributed by atoms with van der Waals surface area (Å²) in [5.41, 5.74) is 2.22. The standard InChI is InChI=1S/C31H38N4O6/c1-5-6-13-23(28(37)35-25-15-10-7-11-19(25)17-26(35)29(38)39)33-27(36)24(34-30(40)41-31(2,3)4)16-20-18-32-22-14-9-8-12-21(20)22/h7-12,14-15,18,23-24,26,32H,5-6,13,16-17H2,1-4H3,(H,33,36)(H,34,40)(H,38,39)/t23-,24-,26-/m0/s1. The van der Waals surface area contributed by atoms with E-state index in [0.717, 1.165) is 28.5 Å². The van der Waals surface area contributed by atoms with Crippen molar-refractivity contribution in [3.05, 3.63) is 65.9 Å². The Morgan fingerprint density at radius 3 is 2.46 bits per heavy atom. The minimum Gasteiger partial charge on any atom is -0.480 e. The first kappa shape index (κ1) is 29.6. The number of nitrogens with zero attached hydrogens (tertiary/aromatic N) is 1. The summed E-state index contributed by atoms with van der Waals surface area (Å²) < 4.78 is 5.42. The number of hydrogen-bond donors (Lipinski definition) is 4. The van der Waals surface area contributed by atoms with Gasteiger partial charge in [0.05, 0.1) is 0 Å². The molecule has 0 unspecified atom stereocenters. The average Bonchev–Trinajstić information content (AvgIpc) is 3.51. The van der Waals surface area contributed by atoms with E-state index in [2.05, 4.69) is 15.6 Å². The monoisotopic (exact) mass is 562 g/mol. The molecule has 10 nitrogen and oxygen atoms in total. The molecule has 4 rings (SSSR count). The van der Waals surface area contributed by atoms with Gasteiger partial charge in [-0.25, -0.2) is 9.59 Å². The Morgan fingerprint density at radius 1 is 1.05 bits per heavy atom. The van der Waals surface area contributed by atoms with Crippen LogP contribution in [0.15, 0.2) is 54.7 Å². The van der Waals surface area contributed by atoms with Crippen LogP contribution in [-0.2, 0) is 32.0 Å². The summed E-state index contributed by atoms with van der Waals surface area (Å²) in [5.74, 6) is -2.17. The summed E-state index contributed by atoms with van der Waals surface area (Å²) in [6.45, 7) is 7.16. The van der Waals surface area contributed by atoms with Crippen LogP contribution in [0, 0.1) is 0 Å². The molecule has 0 radical (unpaired) electrons. The van der Waals surface area contributed by atoms with Crippen molar-refractivity contribution in [1.29, 1.82) is 0 Å². The van der Waals surface area contributed by atoms with Crippen molar-refractivity contribution in [2.75, 3.05) is 4.90 Å². The van der Waals surface area contributed by atoms with Crippen LogP contribution in [-0.4, -0.2) is 57.7 Å². The number of ether oxygens (including phenoxy) is 1. The number of amides is 3. The fourth-order valence-electron chi connectivity index (χ4n) is 5.14. The zero-order chi connectivity index (χ0) is 29.7. The van der Waals surface area contributed by atoms with E-state index >= 15 is 0 Å². The Hall–Kier alpha value is -4.34. The van der Waals surface area contributed by atoms with Gasteiger partial charge in [-0.15, -0.1) is 0 Å². The van der Waals surface area contributed by atoms with E-state index in [1.165, 1.54) is 4.90 Å². The highest BCUT2D eigenvalue weighted by molar-refractivity contribution is 6.06. The number of aromatic amines is 1. The van der Waals surface area contributed by atoms with Crippen molar-refractivity contribution in [3.8, 4) is 0 Å². The van der Waals surface area contributed by atoms with Crippen molar-refractivity contribution in [1.82, 2.24) is 15.6 Å². The number of para-hydroxylation sites is 2. The zero-order valence-electron chi connectivity index (χ0n) is 23.9. The van der Waals surface area contributed by atoms with Crippen LogP contribution in [0.1, 0.15) is 58.1 Å². The largest absolute Gasteiger partial charge is 0.480 e. The molecule has 3 aromatic rings. The van der Waals surface area contributed by atoms with E-state index in [1.54, 1.807) is 51.2 Å². The molecule has 1 aromatic heterocycles. The van der Waals surface area contributed by atoms with E-state index < -0.39 is 47.6 Å². The second kappa shape index (κ2) is 12.4. The van der Waals surface area contributed by atoms with Gasteiger partial charge in [0.15, 0.2) is 0 Å². The quantitative estimate of drug-likeness (QED) is 0.290. The molecule has 0 saturated carbocycles. The number of carbonyl (C=O) groups is 4. The molecule has 0 aliphatic carbocycles. The van der Waals surface area contributed by atoms with Crippen molar-refractivity contribution in [3.63, 3.8) is 0 Å². The number of aliphatic carboxylic acids is 1. The number of alkyl carbamates (subject to hydrolysis) is 1. The molecule has 1 aliphatic rings. The summed E-state index contributed by atoms with van der Waals surface area (Å²) in [5, 5.41) is 16.3. The number of carboxylic acid groups (broad SMARTS) is 1. The molecule has 4 N–H and O–H groups in total. The Balaban J connectivity index is 1.61. The van der Waals surface area contributed by atoms with Crippen molar-refractivity contribution >= 4 is 40.5 Å². The summed E-state index contributed by atoms with van der Waals surface area (Å²) >= 11 is 0. The van der Waals surface area contributed by atoms with Crippen LogP contribution < -0.4 is 15.5 Å². The maximum Gasteiger partial charge on any atom is 0.408 e. The topological polar surface area (TPSA) is 141 Å². The summed E-state index contributed by atoms with van der Waals surface area (Å²) in [7, 11) is 0. The highest BCUT2D eigenvalue weighted by Crippen LogP contribution is 2.33. The fourth-order valence-corrected chi connectivity index (χ4v) is 5.14. The second-order valence-electron chi connectivity index (χ2n) is 11.4. The third kappa shape index (κ3) is 7.06. The van der Waals surface area contributed by atoms with E-state index in [4.69, 9.17) is 4.74 Å². The summed E-state index contributed by atoms with van der Waals surface area (Å²) in [4.78, 5) is 57.1. The van der Waals surface area contributed by atoms with Crippen molar-refractivity contribution < 1.29 is 29.0 Å². The zero-order valence-corrected chi connectivity index (χ0v) is 23.9. The molecule has 0 saturated heterocycles. The molecule has 0 spiro atoms. The molecular formula is C31H38N4O6. The predicted octanol–water partition coefficient (Wildman–Crippen LogP) is 4.32. The van der Waals surface area contributed by atoms with E-state index in [1.807, 2.05) is 31.2 Å². The number of benzene rings is 2. The Labute approximate surface area is 239 Å². The van der Waals surface area contributed by atoms with Crippen molar-refractivity contribution in [2.24, 2.45) is 0 Å². The van der Waals surface area contributed by atoms with E-state index in [0.29, 0.717) is 18.5 Å². The number of nitrogens with one attached hydrogen (secondary N) is 3. The molecule has 1 aliphatic heterocycles. The molecule has 2 aromatic carbocycles. The number of H-pyrrole nitrogens is 1. The Bertz CT molecular complexity index is 1430. The van der Waals surface area contributed by atoms with Gasteiger partial charge in [0.25, 0.3) is 0 Å². The third-order valence-corrected chi connectivity index (χ3v) is 7.07. The average molecular weight is 563 g/mol. The number of anilines is 1. The van der Waals surface area contributed by atoms with Gasteiger partial charge in [0, 0.05) is 35.6 Å². The Kier molecular flexibility index (Phi) is 9.00. The van der Waals surface area contributed by atoms with Crippen LogP contribution in [0.5, 0.6) is 0 Å². The van der Waals surface area contributed by atoms with Gasteiger partial charge in [0.1, 0.15) is 23.7 Å². The lowest BCUT2D eigenvalue weighted by atomic mass is 10.0. The number of aromatic nitrogens is 1. The molecule has 3 atom stereocenters. The SMILES string of the molecule is CCCC[C@H](NC(=O)[C@H](Cc1c[nH]c2ccccc12)NC(=O)OC(C)(C)C)C(=O)N1c2ccccc2C[C@H]1C(=O)O. The molecule has 41 heavy (non-hydrogen) atoms. The smallest absolute Gasteiger partial charge is 0.408 e. The first-order valence-electron chi connectivity index (χ1n) is 14.0. The normalized spacial score (nSPS) is 16.1. The predicted molar refractivity (Wildman–Crippen MR) is 156 cm³/mol. The molecular weight excluding hydrogens is 524 g/mol. The lowest BCUT2D eigenvalue weighted by molar-refractivity contribution is -0.140. The molecule has 0 fully saturated rings. The molecule has 10 heteroatoms. The first-order chi connectivity index (χ1) is 19.5. The number of carbonyl (C=O) groups excluding carboxylic acids is 3. The number of hydrogen-bond acceptors (Lipinski definition) is 5. The minimum absolute atomic E-state index is 0.147. The number of rotatable bonds is 10. The first-order valence-corrected chi connectivity index (χ1v) is 14.0. The van der Waals surface area contributed by atoms with Gasteiger partial charge in [-0.3, -0.25) is 14.5 Å². The van der Waals surface area contributed by atoms with Gasteiger partial charge in [-0.05, 0) is 50.5 Å². The minimum atomic E-state index is -1.11. The van der Waals surface area contributed by atoms with Crippen LogP contribution in [0.25, 0.3) is 10.9 Å². The summed E-state index contributed by atoms with van der Waals surface area (Å²) in [6, 6.07) is 11.6. The van der Waals surface area contributed by atoms with Crippen LogP contribution in [0.2, 0.25) is 0 Å². The lowest BCUT2D eigenvalue weighted by Gasteiger charge is -2.29. The molecule has 218 valence electrons. The van der Waals surface area contributed by atoms with Crippen LogP contribution in [0.4, 0.5) is 10.5 Å². The van der Waals surface area contributed by atoms with Gasteiger partial charge < -0.3 is 25.5 Å². The number of fused-ring (bicyclic) bond motifs is 2. The molecule has 3 amide bonds. The van der Waals surface area contributed by atoms with Crippen LogP contribution >= 0.6 is 0 Å². The summed E-state index contributed by atoms with van der Waals surface area (Å²) in [6.07, 6.45) is 3.10. The third-order valence-electron chi connectivity index (χ3n) is 7.07. The lowest BCUT2D eigenvalue weighted by Crippen LogP contribution is -2.57. The van der Waals surface area contributed by atoms with E-state index in [-0.39, 0.29) is 12.8 Å². The highest BCUT2D eigenvalue weighted by Gasteiger charge is 2.41. The van der Waals surface area contributed by atoms with Crippen LogP contribution in [0.3, 0.4) is 0 Å². The Morgan fingerprint density at radius 2 is 1.76 bits per heavy atom. The maximum absolute atomic E-state index is 13.9. The fraction of sp³-hybridized carbons (Fsp3) is 0.419. The van der Waals surface area contributed by atoms with Gasteiger partial charge in [-0.1, -0.05) is 56.2 Å². The number of unbranched alkanes of at least 4 members (excludes halogenated alkanes) is 1. The molecule has 0 bridgehead atoms.